The molecule has 3 N–H and O–H groups in total. The lowest BCUT2D eigenvalue weighted by Crippen LogP contribution is -2.06. The Bertz CT molecular complexity index is 596. The summed E-state index contributed by atoms with van der Waals surface area (Å²) in [6.45, 7) is 0.139. The predicted molar refractivity (Wildman–Crippen MR) is 75.8 cm³/mol. The molecule has 0 fully saturated rings. The third-order valence-corrected chi connectivity index (χ3v) is 3.05. The first kappa shape index (κ1) is 13.4. The molecule has 0 aliphatic heterocycles. The van der Waals surface area contributed by atoms with E-state index in [0.717, 1.165) is 10.0 Å². The van der Waals surface area contributed by atoms with Crippen LogP contribution in [0.15, 0.2) is 46.9 Å². The molecule has 0 unspecified atom stereocenters. The van der Waals surface area contributed by atoms with Gasteiger partial charge in [0.1, 0.15) is 17.9 Å². The van der Waals surface area contributed by atoms with Gasteiger partial charge in [-0.3, -0.25) is 0 Å². The van der Waals surface area contributed by atoms with E-state index in [2.05, 4.69) is 15.9 Å². The van der Waals surface area contributed by atoms with E-state index in [1.165, 1.54) is 18.2 Å². The summed E-state index contributed by atoms with van der Waals surface area (Å²) in [5.41, 5.74) is 6.89. The number of aromatic hydroxyl groups is 1. The molecule has 0 atom stereocenters. The summed E-state index contributed by atoms with van der Waals surface area (Å²) < 4.78 is 6.07. The Kier molecular flexibility index (Phi) is 4.06. The number of phenols is 1. The average Bonchev–Trinajstić information content (AvgIpc) is 2.40. The Labute approximate surface area is 118 Å². The van der Waals surface area contributed by atoms with Crippen LogP contribution >= 0.6 is 15.9 Å². The molecule has 2 aromatic rings. The molecule has 0 amide bonds. The van der Waals surface area contributed by atoms with E-state index in [-0.39, 0.29) is 17.9 Å². The largest absolute Gasteiger partial charge is 0.507 e. The Hall–Kier alpha value is -2.01. The number of nitrogens with two attached hydrogens (primary N) is 1. The minimum absolute atomic E-state index is 0.0668. The molecule has 0 saturated carbocycles. The third kappa shape index (κ3) is 3.48. The van der Waals surface area contributed by atoms with Crippen molar-refractivity contribution in [2.24, 2.45) is 0 Å². The normalized spacial score (nSPS) is 10.2. The van der Waals surface area contributed by atoms with Gasteiger partial charge in [-0.1, -0.05) is 28.1 Å². The number of hydrogen-bond acceptors (Lipinski definition) is 4. The van der Waals surface area contributed by atoms with Crippen molar-refractivity contribution in [2.45, 2.75) is 6.61 Å². The van der Waals surface area contributed by atoms with Crippen LogP contribution in [0.3, 0.4) is 0 Å². The number of halogens is 1. The first-order valence-corrected chi connectivity index (χ1v) is 6.35. The second-order valence-corrected chi connectivity index (χ2v) is 4.89. The molecular formula is C14H12BrNO3. The zero-order valence-electron chi connectivity index (χ0n) is 9.97. The summed E-state index contributed by atoms with van der Waals surface area (Å²) in [5, 5.41) is 9.58. The van der Waals surface area contributed by atoms with Crippen molar-refractivity contribution in [2.75, 3.05) is 5.73 Å². The molecule has 0 aromatic heterocycles. The third-order valence-electron chi connectivity index (χ3n) is 2.52. The number of carbonyl (C=O) groups excluding carboxylic acids is 1. The number of carbonyl (C=O) groups is 1. The van der Waals surface area contributed by atoms with Crippen LogP contribution in [0, 0.1) is 0 Å². The number of anilines is 1. The summed E-state index contributed by atoms with van der Waals surface area (Å²) in [6.07, 6.45) is 0. The summed E-state index contributed by atoms with van der Waals surface area (Å²) in [6, 6.07) is 11.7. The summed E-state index contributed by atoms with van der Waals surface area (Å²) in [5.74, 6) is -0.747. The summed E-state index contributed by atoms with van der Waals surface area (Å²) >= 11 is 3.32. The topological polar surface area (TPSA) is 72.5 Å². The van der Waals surface area contributed by atoms with Crippen LogP contribution in [0.1, 0.15) is 15.9 Å². The van der Waals surface area contributed by atoms with Crippen molar-refractivity contribution in [3.05, 3.63) is 58.1 Å². The fraction of sp³-hybridized carbons (Fsp3) is 0.0714. The lowest BCUT2D eigenvalue weighted by molar-refractivity contribution is 0.0469. The highest BCUT2D eigenvalue weighted by molar-refractivity contribution is 9.10. The highest BCUT2D eigenvalue weighted by Gasteiger charge is 2.13. The molecule has 0 spiro atoms. The Morgan fingerprint density at radius 3 is 2.58 bits per heavy atom. The maximum absolute atomic E-state index is 11.8. The van der Waals surface area contributed by atoms with Gasteiger partial charge in [-0.05, 0) is 35.9 Å². The lowest BCUT2D eigenvalue weighted by Gasteiger charge is -2.07. The van der Waals surface area contributed by atoms with Crippen molar-refractivity contribution in [3.63, 3.8) is 0 Å². The van der Waals surface area contributed by atoms with Crippen LogP contribution in [-0.2, 0) is 11.3 Å². The number of phenolic OH excluding ortho intramolecular Hbond substituents is 1. The molecule has 0 heterocycles. The van der Waals surface area contributed by atoms with Gasteiger partial charge in [-0.15, -0.1) is 0 Å². The van der Waals surface area contributed by atoms with Gasteiger partial charge in [-0.25, -0.2) is 4.79 Å². The van der Waals surface area contributed by atoms with E-state index in [0.29, 0.717) is 5.69 Å². The van der Waals surface area contributed by atoms with Crippen molar-refractivity contribution in [3.8, 4) is 5.75 Å². The first-order valence-electron chi connectivity index (χ1n) is 5.56. The van der Waals surface area contributed by atoms with Crippen LogP contribution in [0.2, 0.25) is 0 Å². The fourth-order valence-electron chi connectivity index (χ4n) is 1.52. The van der Waals surface area contributed by atoms with Gasteiger partial charge in [0.15, 0.2) is 0 Å². The maximum Gasteiger partial charge on any atom is 0.342 e. The molecule has 2 aromatic carbocycles. The Balaban J connectivity index is 2.05. The Morgan fingerprint density at radius 2 is 1.89 bits per heavy atom. The van der Waals surface area contributed by atoms with Crippen LogP contribution in [0.5, 0.6) is 5.75 Å². The van der Waals surface area contributed by atoms with E-state index in [1.807, 2.05) is 24.3 Å². The van der Waals surface area contributed by atoms with Gasteiger partial charge in [0.05, 0.1) is 0 Å². The minimum Gasteiger partial charge on any atom is -0.507 e. The van der Waals surface area contributed by atoms with Gasteiger partial charge in [0, 0.05) is 10.2 Å². The average molecular weight is 322 g/mol. The minimum atomic E-state index is -0.604. The highest BCUT2D eigenvalue weighted by Crippen LogP contribution is 2.21. The summed E-state index contributed by atoms with van der Waals surface area (Å²) in [7, 11) is 0. The van der Waals surface area contributed by atoms with Crippen LogP contribution in [0.4, 0.5) is 5.69 Å². The van der Waals surface area contributed by atoms with Crippen molar-refractivity contribution >= 4 is 27.6 Å². The van der Waals surface area contributed by atoms with Gasteiger partial charge >= 0.3 is 5.97 Å². The number of nitrogen functional groups attached to an aromatic ring is 1. The second-order valence-electron chi connectivity index (χ2n) is 3.98. The number of hydrogen-bond donors (Lipinski definition) is 2. The van der Waals surface area contributed by atoms with Crippen LogP contribution in [-0.4, -0.2) is 11.1 Å². The number of rotatable bonds is 3. The number of ether oxygens (including phenoxy) is 1. The summed E-state index contributed by atoms with van der Waals surface area (Å²) in [4.78, 5) is 11.8. The zero-order valence-corrected chi connectivity index (χ0v) is 11.6. The molecular weight excluding hydrogens is 310 g/mol. The van der Waals surface area contributed by atoms with E-state index >= 15 is 0 Å². The maximum atomic E-state index is 11.8. The van der Waals surface area contributed by atoms with E-state index < -0.39 is 5.97 Å². The smallest absolute Gasteiger partial charge is 0.342 e. The molecule has 0 bridgehead atoms. The molecule has 98 valence electrons. The molecule has 0 aliphatic carbocycles. The van der Waals surface area contributed by atoms with E-state index in [1.54, 1.807) is 0 Å². The predicted octanol–water partition coefficient (Wildman–Crippen LogP) is 3.09. The molecule has 19 heavy (non-hydrogen) atoms. The molecule has 0 radical (unpaired) electrons. The molecule has 0 aliphatic rings. The molecule has 4 nitrogen and oxygen atoms in total. The number of esters is 1. The van der Waals surface area contributed by atoms with Gasteiger partial charge in [0.2, 0.25) is 0 Å². The zero-order chi connectivity index (χ0) is 13.8. The monoisotopic (exact) mass is 321 g/mol. The Morgan fingerprint density at radius 1 is 1.21 bits per heavy atom. The molecule has 5 heteroatoms. The fourth-order valence-corrected chi connectivity index (χ4v) is 1.79. The van der Waals surface area contributed by atoms with Crippen molar-refractivity contribution in [1.82, 2.24) is 0 Å². The highest BCUT2D eigenvalue weighted by atomic mass is 79.9. The van der Waals surface area contributed by atoms with Gasteiger partial charge < -0.3 is 15.6 Å². The van der Waals surface area contributed by atoms with Gasteiger partial charge in [0.25, 0.3) is 0 Å². The van der Waals surface area contributed by atoms with Crippen LogP contribution in [0.25, 0.3) is 0 Å². The SMILES string of the molecule is Nc1ccc(O)c(C(=O)OCc2ccc(Br)cc2)c1. The molecule has 2 rings (SSSR count). The van der Waals surface area contributed by atoms with Crippen molar-refractivity contribution in [1.29, 1.82) is 0 Å². The lowest BCUT2D eigenvalue weighted by atomic mass is 10.2. The van der Waals surface area contributed by atoms with E-state index in [9.17, 15) is 9.90 Å². The standard InChI is InChI=1S/C14H12BrNO3/c15-10-3-1-9(2-4-10)8-19-14(18)12-7-11(16)5-6-13(12)17/h1-7,17H,8,16H2. The quantitative estimate of drug-likeness (QED) is 0.517. The number of benzene rings is 2. The first-order chi connectivity index (χ1) is 9.06. The van der Waals surface area contributed by atoms with Crippen molar-refractivity contribution < 1.29 is 14.6 Å². The van der Waals surface area contributed by atoms with Gasteiger partial charge in [-0.2, -0.15) is 0 Å². The molecule has 0 saturated heterocycles. The van der Waals surface area contributed by atoms with E-state index in [4.69, 9.17) is 10.5 Å². The van der Waals surface area contributed by atoms with Crippen LogP contribution < -0.4 is 5.73 Å². The second kappa shape index (κ2) is 5.75.